The summed E-state index contributed by atoms with van der Waals surface area (Å²) >= 11 is 13.7. The van der Waals surface area contributed by atoms with E-state index in [0.717, 1.165) is 123 Å². The maximum absolute atomic E-state index is 14.6. The largest absolute Gasteiger partial charge is 0.488 e. The minimum Gasteiger partial charge on any atom is -0.488 e. The summed E-state index contributed by atoms with van der Waals surface area (Å²) in [5.74, 6) is -1.39. The fourth-order valence-electron chi connectivity index (χ4n) is 17.9. The van der Waals surface area contributed by atoms with Crippen molar-refractivity contribution in [3.8, 4) is 23.0 Å². The number of benzene rings is 12. The molecule has 8 aromatic heterocycles. The third-order valence-electron chi connectivity index (χ3n) is 23.5. The zero-order valence-corrected chi connectivity index (χ0v) is 70.0. The van der Waals surface area contributed by atoms with Crippen molar-refractivity contribution < 1.29 is 71.6 Å². The molecule has 23 rings (SSSR count). The van der Waals surface area contributed by atoms with Gasteiger partial charge in [-0.1, -0.05) is 23.2 Å². The van der Waals surface area contributed by atoms with Gasteiger partial charge in [-0.2, -0.15) is 13.2 Å². The first-order valence-electron chi connectivity index (χ1n) is 39.8. The van der Waals surface area contributed by atoms with Crippen LogP contribution in [0.5, 0.6) is 23.0 Å². The van der Waals surface area contributed by atoms with Crippen LogP contribution in [-0.2, 0) is 6.18 Å². The van der Waals surface area contributed by atoms with Gasteiger partial charge in [0.1, 0.15) is 79.1 Å². The topological polar surface area (TPSA) is 203 Å². The predicted molar refractivity (Wildman–Crippen MR) is 481 cm³/mol. The van der Waals surface area contributed by atoms with Crippen LogP contribution in [0.1, 0.15) is 37.7 Å². The van der Waals surface area contributed by atoms with Crippen LogP contribution in [0.15, 0.2) is 152 Å². The van der Waals surface area contributed by atoms with Crippen molar-refractivity contribution >= 4 is 235 Å². The van der Waals surface area contributed by atoms with Crippen LogP contribution >= 0.6 is 60.4 Å². The zero-order chi connectivity index (χ0) is 84.0. The van der Waals surface area contributed by atoms with E-state index in [1.165, 1.54) is 97.1 Å². The Balaban J connectivity index is 0.000000117. The number of rotatable bonds is 13. The molecule has 3 aliphatic rings. The Morgan fingerprint density at radius 1 is 0.344 bits per heavy atom. The molecule has 33 heteroatoms. The Kier molecular flexibility index (Phi) is 23.3. The molecular weight excluding hydrogens is 1740 g/mol. The summed E-state index contributed by atoms with van der Waals surface area (Å²) in [4.78, 5) is 28.0. The van der Waals surface area contributed by atoms with Crippen LogP contribution in [0.25, 0.3) is 174 Å². The molecule has 0 aliphatic carbocycles. The van der Waals surface area contributed by atoms with Gasteiger partial charge in [-0.25, -0.2) is 39.5 Å². The molecular formula is C92H75Cl5F12N12O4. The van der Waals surface area contributed by atoms with Gasteiger partial charge in [0.15, 0.2) is 23.0 Å². The van der Waals surface area contributed by atoms with Crippen LogP contribution in [0.2, 0.25) is 10.0 Å². The molecule has 1 unspecified atom stereocenters. The second kappa shape index (κ2) is 33.9. The van der Waals surface area contributed by atoms with Crippen molar-refractivity contribution in [1.82, 2.24) is 60.7 Å². The molecule has 3 saturated heterocycles. The molecule has 646 valence electrons. The number of H-pyrrole nitrogens is 8. The highest BCUT2D eigenvalue weighted by molar-refractivity contribution is 6.47. The Labute approximate surface area is 728 Å². The van der Waals surface area contributed by atoms with E-state index in [2.05, 4.69) is 55.8 Å². The Morgan fingerprint density at radius 3 is 0.904 bits per heavy atom. The lowest BCUT2D eigenvalue weighted by Crippen LogP contribution is -2.28. The Hall–Kier alpha value is -11.3. The van der Waals surface area contributed by atoms with E-state index in [-0.39, 0.29) is 135 Å². The second-order valence-electron chi connectivity index (χ2n) is 31.7. The number of aromatic amines is 8. The molecule has 12 aromatic carbocycles. The SMILES string of the molecule is CN(C)CCOc1c2[nH]c3ccc(F)cc3c2c(Cl)c2c1[nH]c1ccc(F)cc12.Cl.Cl.Cl.Fc1ccc2[nH]c3c(OCC4CCCN4)c4[nH]c5ccc(F)cc5c4c(C(F)(F)F)c3c2c1.Fc1ccc2[nH]c3c(OC[C@@H]4C[C@H](F)CN4)c4[nH]c5ccc(F)cc5c4cc3c2c1.Fc1ccc2[nH]c3c(OC[C@H]4CCCN4)c4[nH]c5ccc(F)cc5c4c(Cl)c3c2c1. The summed E-state index contributed by atoms with van der Waals surface area (Å²) in [6, 6.07) is 36.8. The first kappa shape index (κ1) is 85.8. The standard InChI is InChI=1S/C24H18F5N3O.C23H18ClF2N3O.C23H18F3N3O.C22H18ClF2N3O.3ClH/c25-11-3-5-16-14(8-11)18-20(24(27,28)29)19-15-9-12(26)4-6-17(15)32-22(19)23(21(18)31-16)33-10-13-2-1-7-30-13;24-20-18-14-8-11(25)3-5-16(14)28-21(18)23(30-10-13-2-1-7-27-13)22-19(20)15-9-12(26)4-6-17(15)29-22;24-11-1-3-19-15(6-11)17-8-18-16-7-12(25)2-4-20(16)29-22(18)23(21(17)28-19)30-10-14-5-13(26)9-27-14;1-28(2)7-8-29-22-20-17(13-9-11(24)3-5-15(13)26-20)19(23)18-14-10-12(25)4-6-16(14)27-21(18)22;;;/h3-6,8-9,13,30-32H,1-2,7,10H2;3-6,8-9,13,27-29H,1-2,7,10H2;1-4,6-8,13-14,27-29H,5,9-10H2;3-6,9-10,26-27H,7-8H2,1-2H3;3*1H/t;13-;13-,14-;;;;/m.10..../s1. The molecule has 4 atom stereocenters. The normalized spacial score (nSPS) is 16.2. The molecule has 0 bridgehead atoms. The maximum atomic E-state index is 14.6. The van der Waals surface area contributed by atoms with E-state index in [1.54, 1.807) is 36.4 Å². The molecule has 0 radical (unpaired) electrons. The molecule has 3 aliphatic heterocycles. The average Bonchev–Trinajstić information content (AvgIpc) is 1.69. The fourth-order valence-corrected chi connectivity index (χ4v) is 18.7. The minimum atomic E-state index is -4.79. The summed E-state index contributed by atoms with van der Waals surface area (Å²) in [6.45, 7) is 4.37. The molecule has 0 saturated carbocycles. The second-order valence-corrected chi connectivity index (χ2v) is 32.4. The van der Waals surface area contributed by atoms with E-state index in [4.69, 9.17) is 42.1 Å². The van der Waals surface area contributed by atoms with E-state index in [9.17, 15) is 52.7 Å². The summed E-state index contributed by atoms with van der Waals surface area (Å²) in [6.07, 6.45) is -1.21. The number of aromatic nitrogens is 8. The predicted octanol–water partition coefficient (Wildman–Crippen LogP) is 24.8. The molecule has 11 N–H and O–H groups in total. The summed E-state index contributed by atoms with van der Waals surface area (Å²) in [5.41, 5.74) is 8.84. The number of alkyl halides is 4. The van der Waals surface area contributed by atoms with Gasteiger partial charge < -0.3 is 79.7 Å². The van der Waals surface area contributed by atoms with Crippen molar-refractivity contribution in [1.29, 1.82) is 0 Å². The van der Waals surface area contributed by atoms with Gasteiger partial charge in [-0.3, -0.25) is 0 Å². The van der Waals surface area contributed by atoms with Crippen molar-refractivity contribution in [2.45, 2.75) is 62.6 Å². The third kappa shape index (κ3) is 15.5. The lowest BCUT2D eigenvalue weighted by Gasteiger charge is -2.17. The molecule has 20 aromatic rings. The molecule has 0 spiro atoms. The first-order chi connectivity index (χ1) is 58.9. The number of ether oxygens (including phenoxy) is 4. The first-order valence-corrected chi connectivity index (χ1v) is 40.5. The van der Waals surface area contributed by atoms with E-state index < -0.39 is 29.5 Å². The van der Waals surface area contributed by atoms with Gasteiger partial charge >= 0.3 is 6.18 Å². The quantitative estimate of drug-likeness (QED) is 0.0501. The van der Waals surface area contributed by atoms with Crippen LogP contribution in [-0.4, -0.2) is 136 Å². The van der Waals surface area contributed by atoms with Gasteiger partial charge in [0.2, 0.25) is 0 Å². The van der Waals surface area contributed by atoms with Crippen molar-refractivity contribution in [2.24, 2.45) is 0 Å². The summed E-state index contributed by atoms with van der Waals surface area (Å²) in [5, 5.41) is 18.9. The van der Waals surface area contributed by atoms with Gasteiger partial charge in [-0.15, -0.1) is 37.2 Å². The molecule has 16 nitrogen and oxygen atoms in total. The molecule has 3 fully saturated rings. The van der Waals surface area contributed by atoms with Gasteiger partial charge in [0.25, 0.3) is 0 Å². The van der Waals surface area contributed by atoms with Crippen LogP contribution < -0.4 is 34.9 Å². The monoisotopic (exact) mass is 1810 g/mol. The molecule has 125 heavy (non-hydrogen) atoms. The number of hydrogen-bond donors (Lipinski definition) is 11. The van der Waals surface area contributed by atoms with Crippen molar-refractivity contribution in [2.75, 3.05) is 66.7 Å². The molecule has 0 amide bonds. The summed E-state index contributed by atoms with van der Waals surface area (Å²) < 4.78 is 194. The number of likely N-dealkylation sites (N-methyl/N-ethyl adjacent to an activating group) is 1. The van der Waals surface area contributed by atoms with Crippen LogP contribution in [0.3, 0.4) is 0 Å². The number of fused-ring (bicyclic) bond motifs is 24. The number of hydrogen-bond acceptors (Lipinski definition) is 8. The maximum Gasteiger partial charge on any atom is 0.417 e. The number of halogens is 17. The minimum absolute atomic E-state index is 0. The van der Waals surface area contributed by atoms with Gasteiger partial charge in [0, 0.05) is 162 Å². The van der Waals surface area contributed by atoms with E-state index in [1.807, 2.05) is 25.1 Å². The van der Waals surface area contributed by atoms with Gasteiger partial charge in [-0.05, 0) is 211 Å². The van der Waals surface area contributed by atoms with Crippen LogP contribution in [0, 0.1) is 46.5 Å². The highest BCUT2D eigenvalue weighted by Gasteiger charge is 2.40. The lowest BCUT2D eigenvalue weighted by molar-refractivity contribution is -0.135. The summed E-state index contributed by atoms with van der Waals surface area (Å²) in [7, 11) is 3.93. The van der Waals surface area contributed by atoms with E-state index >= 15 is 0 Å². The number of nitrogens with zero attached hydrogens (tertiary/aromatic N) is 1. The van der Waals surface area contributed by atoms with Gasteiger partial charge in [0.05, 0.1) is 59.7 Å². The molecule has 11 heterocycles. The number of nitrogens with one attached hydrogen (secondary N) is 11. The Bertz CT molecular complexity index is 7250. The highest BCUT2D eigenvalue weighted by Crippen LogP contribution is 2.53. The lowest BCUT2D eigenvalue weighted by atomic mass is 9.98. The van der Waals surface area contributed by atoms with Crippen LogP contribution in [0.4, 0.5) is 52.7 Å². The van der Waals surface area contributed by atoms with E-state index in [0.29, 0.717) is 136 Å². The fraction of sp³-hybridized carbons (Fsp3) is 0.217. The smallest absolute Gasteiger partial charge is 0.417 e. The Morgan fingerprint density at radius 2 is 0.616 bits per heavy atom. The average molecular weight is 1820 g/mol. The highest BCUT2D eigenvalue weighted by atomic mass is 35.5. The zero-order valence-electron chi connectivity index (χ0n) is 66.0. The van der Waals surface area contributed by atoms with Crippen molar-refractivity contribution in [3.05, 3.63) is 214 Å². The third-order valence-corrected chi connectivity index (χ3v) is 24.3. The van der Waals surface area contributed by atoms with Crippen molar-refractivity contribution in [3.63, 3.8) is 0 Å².